The van der Waals surface area contributed by atoms with Crippen molar-refractivity contribution < 1.29 is 39.0 Å². The summed E-state index contributed by atoms with van der Waals surface area (Å²) in [5, 5.41) is 25.3. The standard InChI is InChI=1S/C21H38N6O8/c1-3-11(2)17(21(34)35)27-19(32)13(6-4-5-9-22)25-20(33)14(10-15(24)28)26-18(31)12(23)7-8-16(29)30/h11-14,17H,3-10,22-23H2,1-2H3,(H2,24,28)(H,25,33)(H,26,31)(H,27,32)(H,29,30)(H,34,35). The van der Waals surface area contributed by atoms with Gasteiger partial charge in [0.15, 0.2) is 0 Å². The van der Waals surface area contributed by atoms with E-state index in [0.29, 0.717) is 25.8 Å². The number of primary amides is 1. The minimum Gasteiger partial charge on any atom is -0.481 e. The number of carboxylic acid groups (broad SMARTS) is 2. The summed E-state index contributed by atoms with van der Waals surface area (Å²) in [5.74, 6) is -6.23. The SMILES string of the molecule is CCC(C)C(NC(=O)C(CCCCN)NC(=O)C(CC(N)=O)NC(=O)C(N)CCC(=O)O)C(=O)O. The van der Waals surface area contributed by atoms with Gasteiger partial charge in [0.1, 0.15) is 18.1 Å². The van der Waals surface area contributed by atoms with Crippen LogP contribution in [0, 0.1) is 5.92 Å². The van der Waals surface area contributed by atoms with Crippen molar-refractivity contribution in [2.45, 2.75) is 83.0 Å². The first kappa shape index (κ1) is 31.7. The molecular weight excluding hydrogens is 464 g/mol. The van der Waals surface area contributed by atoms with Crippen molar-refractivity contribution >= 4 is 35.6 Å². The zero-order chi connectivity index (χ0) is 27.1. The number of rotatable bonds is 18. The molecule has 0 saturated heterocycles. The Morgan fingerprint density at radius 1 is 0.857 bits per heavy atom. The Hall–Kier alpha value is -3.26. The lowest BCUT2D eigenvalue weighted by molar-refractivity contribution is -0.144. The summed E-state index contributed by atoms with van der Waals surface area (Å²) in [5.41, 5.74) is 16.3. The summed E-state index contributed by atoms with van der Waals surface area (Å²) in [6.07, 6.45) is 0.377. The molecule has 0 aromatic carbocycles. The van der Waals surface area contributed by atoms with Crippen LogP contribution < -0.4 is 33.2 Å². The van der Waals surface area contributed by atoms with Crippen LogP contribution in [0.15, 0.2) is 0 Å². The predicted octanol–water partition coefficient (Wildman–Crippen LogP) is -2.23. The smallest absolute Gasteiger partial charge is 0.326 e. The maximum Gasteiger partial charge on any atom is 0.326 e. The molecule has 5 unspecified atom stereocenters. The van der Waals surface area contributed by atoms with Crippen LogP contribution >= 0.6 is 0 Å². The zero-order valence-corrected chi connectivity index (χ0v) is 20.1. The van der Waals surface area contributed by atoms with Crippen LogP contribution in [-0.2, 0) is 28.8 Å². The molecule has 0 aromatic heterocycles. The van der Waals surface area contributed by atoms with E-state index in [-0.39, 0.29) is 25.2 Å². The second kappa shape index (κ2) is 16.4. The highest BCUT2D eigenvalue weighted by Gasteiger charge is 2.32. The second-order valence-electron chi connectivity index (χ2n) is 8.33. The molecule has 200 valence electrons. The van der Waals surface area contributed by atoms with Crippen LogP contribution in [0.3, 0.4) is 0 Å². The summed E-state index contributed by atoms with van der Waals surface area (Å²) < 4.78 is 0. The molecular formula is C21H38N6O8. The molecule has 0 bridgehead atoms. The topological polar surface area (TPSA) is 257 Å². The predicted molar refractivity (Wildman–Crippen MR) is 124 cm³/mol. The first-order chi connectivity index (χ1) is 16.3. The van der Waals surface area contributed by atoms with Gasteiger partial charge in [0, 0.05) is 6.42 Å². The van der Waals surface area contributed by atoms with E-state index < -0.39 is 66.2 Å². The third kappa shape index (κ3) is 12.7. The molecule has 0 aliphatic heterocycles. The van der Waals surface area contributed by atoms with Crippen molar-refractivity contribution in [3.05, 3.63) is 0 Å². The van der Waals surface area contributed by atoms with E-state index in [1.165, 1.54) is 0 Å². The normalized spacial score (nSPS) is 15.1. The van der Waals surface area contributed by atoms with E-state index in [4.69, 9.17) is 22.3 Å². The van der Waals surface area contributed by atoms with E-state index in [9.17, 15) is 33.9 Å². The number of unbranched alkanes of at least 4 members (excludes halogenated alkanes) is 1. The van der Waals surface area contributed by atoms with E-state index in [1.54, 1.807) is 13.8 Å². The van der Waals surface area contributed by atoms with Gasteiger partial charge in [-0.2, -0.15) is 0 Å². The van der Waals surface area contributed by atoms with Crippen LogP contribution in [0.4, 0.5) is 0 Å². The van der Waals surface area contributed by atoms with Crippen molar-refractivity contribution in [3.63, 3.8) is 0 Å². The van der Waals surface area contributed by atoms with Gasteiger partial charge in [-0.05, 0) is 38.1 Å². The van der Waals surface area contributed by atoms with Gasteiger partial charge in [0.2, 0.25) is 23.6 Å². The monoisotopic (exact) mass is 502 g/mol. The van der Waals surface area contributed by atoms with Crippen molar-refractivity contribution in [2.75, 3.05) is 6.54 Å². The number of hydrogen-bond donors (Lipinski definition) is 8. The molecule has 0 rings (SSSR count). The number of carbonyl (C=O) groups is 6. The molecule has 0 aliphatic carbocycles. The zero-order valence-electron chi connectivity index (χ0n) is 20.1. The largest absolute Gasteiger partial charge is 0.481 e. The number of carboxylic acids is 2. The maximum atomic E-state index is 12.9. The molecule has 14 nitrogen and oxygen atoms in total. The van der Waals surface area contributed by atoms with Gasteiger partial charge in [-0.3, -0.25) is 24.0 Å². The average molecular weight is 503 g/mol. The van der Waals surface area contributed by atoms with E-state index >= 15 is 0 Å². The molecule has 0 spiro atoms. The van der Waals surface area contributed by atoms with Crippen molar-refractivity contribution in [1.29, 1.82) is 0 Å². The van der Waals surface area contributed by atoms with E-state index in [0.717, 1.165) is 0 Å². The fourth-order valence-corrected chi connectivity index (χ4v) is 3.07. The summed E-state index contributed by atoms with van der Waals surface area (Å²) >= 11 is 0. The Bertz CT molecular complexity index is 762. The molecule has 0 heterocycles. The number of nitrogens with two attached hydrogens (primary N) is 3. The summed E-state index contributed by atoms with van der Waals surface area (Å²) in [7, 11) is 0. The number of aliphatic carboxylic acids is 2. The number of amides is 4. The van der Waals surface area contributed by atoms with Gasteiger partial charge in [0.25, 0.3) is 0 Å². The highest BCUT2D eigenvalue weighted by atomic mass is 16.4. The van der Waals surface area contributed by atoms with Gasteiger partial charge < -0.3 is 43.4 Å². The first-order valence-corrected chi connectivity index (χ1v) is 11.4. The number of carbonyl (C=O) groups excluding carboxylic acids is 4. The fourth-order valence-electron chi connectivity index (χ4n) is 3.07. The third-order valence-electron chi connectivity index (χ3n) is 5.40. The Labute approximate surface area is 203 Å². The lowest BCUT2D eigenvalue weighted by atomic mass is 9.98. The first-order valence-electron chi connectivity index (χ1n) is 11.4. The van der Waals surface area contributed by atoms with Gasteiger partial charge in [-0.25, -0.2) is 4.79 Å². The van der Waals surface area contributed by atoms with Gasteiger partial charge in [0.05, 0.1) is 12.5 Å². The van der Waals surface area contributed by atoms with Crippen LogP contribution in [0.5, 0.6) is 0 Å². The Balaban J connectivity index is 5.56. The molecule has 0 fully saturated rings. The molecule has 0 aliphatic rings. The lowest BCUT2D eigenvalue weighted by Gasteiger charge is -2.26. The highest BCUT2D eigenvalue weighted by Crippen LogP contribution is 2.10. The maximum absolute atomic E-state index is 12.9. The van der Waals surface area contributed by atoms with E-state index in [1.807, 2.05) is 0 Å². The fraction of sp³-hybridized carbons (Fsp3) is 0.714. The Morgan fingerprint density at radius 3 is 1.91 bits per heavy atom. The molecule has 35 heavy (non-hydrogen) atoms. The van der Waals surface area contributed by atoms with Gasteiger partial charge in [-0.1, -0.05) is 20.3 Å². The van der Waals surface area contributed by atoms with Crippen molar-refractivity contribution in [3.8, 4) is 0 Å². The number of hydrogen-bond acceptors (Lipinski definition) is 8. The molecule has 0 radical (unpaired) electrons. The van der Waals surface area contributed by atoms with Gasteiger partial charge >= 0.3 is 11.9 Å². The Kier molecular flexibility index (Phi) is 14.9. The lowest BCUT2D eigenvalue weighted by Crippen LogP contribution is -2.58. The summed E-state index contributed by atoms with van der Waals surface area (Å²) in [4.78, 5) is 71.7. The molecule has 14 heteroatoms. The van der Waals surface area contributed by atoms with Crippen LogP contribution in [0.2, 0.25) is 0 Å². The summed E-state index contributed by atoms with van der Waals surface area (Å²) in [6, 6.07) is -5.10. The molecule has 4 amide bonds. The molecule has 11 N–H and O–H groups in total. The van der Waals surface area contributed by atoms with Gasteiger partial charge in [-0.15, -0.1) is 0 Å². The summed E-state index contributed by atoms with van der Waals surface area (Å²) in [6.45, 7) is 3.76. The average Bonchev–Trinajstić information content (AvgIpc) is 2.78. The van der Waals surface area contributed by atoms with Crippen molar-refractivity contribution in [2.24, 2.45) is 23.1 Å². The van der Waals surface area contributed by atoms with Crippen molar-refractivity contribution in [1.82, 2.24) is 16.0 Å². The van der Waals surface area contributed by atoms with Crippen LogP contribution in [-0.4, -0.2) is 76.5 Å². The van der Waals surface area contributed by atoms with Crippen LogP contribution in [0.25, 0.3) is 0 Å². The van der Waals surface area contributed by atoms with E-state index in [2.05, 4.69) is 16.0 Å². The minimum absolute atomic E-state index is 0.122. The molecule has 0 saturated carbocycles. The second-order valence-corrected chi connectivity index (χ2v) is 8.33. The molecule has 0 aromatic rings. The quantitative estimate of drug-likeness (QED) is 0.0935. The highest BCUT2D eigenvalue weighted by molar-refractivity contribution is 5.96. The molecule has 5 atom stereocenters. The van der Waals surface area contributed by atoms with Crippen LogP contribution in [0.1, 0.15) is 58.8 Å². The Morgan fingerprint density at radius 2 is 1.43 bits per heavy atom. The minimum atomic E-state index is -1.48. The third-order valence-corrected chi connectivity index (χ3v) is 5.40. The number of nitrogens with one attached hydrogen (secondary N) is 3.